The molecular formula is C22H28O5. The van der Waals surface area contributed by atoms with E-state index in [0.29, 0.717) is 18.4 Å². The topological polar surface area (TPSA) is 72.8 Å². The van der Waals surface area contributed by atoms with E-state index in [-0.39, 0.29) is 36.0 Å². The molecule has 1 N–H and O–H groups in total. The summed E-state index contributed by atoms with van der Waals surface area (Å²) in [6.45, 7) is 2.13. The lowest BCUT2D eigenvalue weighted by Crippen LogP contribution is -2.25. The number of fused-ring (bicyclic) bond motifs is 1. The molecule has 0 bridgehead atoms. The highest BCUT2D eigenvalue weighted by atomic mass is 16.6. The minimum atomic E-state index is -0.515. The van der Waals surface area contributed by atoms with Gasteiger partial charge in [0.15, 0.2) is 0 Å². The fourth-order valence-electron chi connectivity index (χ4n) is 4.03. The van der Waals surface area contributed by atoms with Crippen molar-refractivity contribution < 1.29 is 24.2 Å². The summed E-state index contributed by atoms with van der Waals surface area (Å²) in [5, 5.41) is 10.2. The number of aliphatic hydroxyl groups is 1. The first kappa shape index (κ1) is 19.6. The third-order valence-corrected chi connectivity index (χ3v) is 5.48. The Balaban J connectivity index is 1.66. The van der Waals surface area contributed by atoms with E-state index in [1.807, 2.05) is 12.1 Å². The van der Waals surface area contributed by atoms with Gasteiger partial charge in [0.05, 0.1) is 18.1 Å². The fraction of sp³-hybridized carbons (Fsp3) is 0.545. The number of aliphatic hydroxyl groups excluding tert-OH is 1. The molecule has 146 valence electrons. The molecular weight excluding hydrogens is 344 g/mol. The van der Waals surface area contributed by atoms with Gasteiger partial charge in [-0.3, -0.25) is 4.79 Å². The number of esters is 2. The highest BCUT2D eigenvalue weighted by Gasteiger charge is 2.50. The van der Waals surface area contributed by atoms with E-state index in [0.717, 1.165) is 25.7 Å². The lowest BCUT2D eigenvalue weighted by molar-refractivity contribution is -0.141. The van der Waals surface area contributed by atoms with E-state index >= 15 is 0 Å². The lowest BCUT2D eigenvalue weighted by Gasteiger charge is -2.20. The van der Waals surface area contributed by atoms with Gasteiger partial charge in [-0.05, 0) is 18.6 Å². The highest BCUT2D eigenvalue weighted by Crippen LogP contribution is 2.43. The largest absolute Gasteiger partial charge is 0.462 e. The van der Waals surface area contributed by atoms with Gasteiger partial charge in [-0.2, -0.15) is 0 Å². The van der Waals surface area contributed by atoms with Gasteiger partial charge in [-0.25, -0.2) is 4.79 Å². The molecule has 1 heterocycles. The molecule has 0 unspecified atom stereocenters. The van der Waals surface area contributed by atoms with Gasteiger partial charge in [0.25, 0.3) is 0 Å². The summed E-state index contributed by atoms with van der Waals surface area (Å²) < 4.78 is 11.1. The molecule has 1 saturated heterocycles. The molecule has 27 heavy (non-hydrogen) atoms. The van der Waals surface area contributed by atoms with E-state index < -0.39 is 6.10 Å². The van der Waals surface area contributed by atoms with Crippen LogP contribution in [0.2, 0.25) is 0 Å². The summed E-state index contributed by atoms with van der Waals surface area (Å²) in [5.41, 5.74) is 0.508. The second-order valence-electron chi connectivity index (χ2n) is 7.47. The van der Waals surface area contributed by atoms with E-state index in [9.17, 15) is 14.7 Å². The highest BCUT2D eigenvalue weighted by molar-refractivity contribution is 5.89. The molecule has 3 rings (SSSR count). The number of benzene rings is 1. The summed E-state index contributed by atoms with van der Waals surface area (Å²) in [4.78, 5) is 24.1. The molecule has 1 aliphatic carbocycles. The molecule has 5 atom stereocenters. The van der Waals surface area contributed by atoms with Crippen LogP contribution >= 0.6 is 0 Å². The van der Waals surface area contributed by atoms with Crippen LogP contribution in [0, 0.1) is 11.8 Å². The summed E-state index contributed by atoms with van der Waals surface area (Å²) >= 11 is 0. The molecule has 2 aliphatic rings. The van der Waals surface area contributed by atoms with Crippen molar-refractivity contribution in [1.82, 2.24) is 0 Å². The van der Waals surface area contributed by atoms with Crippen molar-refractivity contribution in [2.45, 2.75) is 63.8 Å². The van der Waals surface area contributed by atoms with E-state index in [4.69, 9.17) is 9.47 Å². The second-order valence-corrected chi connectivity index (χ2v) is 7.47. The normalized spacial score (nSPS) is 28.1. The maximum absolute atomic E-state index is 12.4. The number of hydrogen-bond donors (Lipinski definition) is 1. The van der Waals surface area contributed by atoms with Crippen LogP contribution < -0.4 is 0 Å². The molecule has 1 saturated carbocycles. The lowest BCUT2D eigenvalue weighted by atomic mass is 9.91. The van der Waals surface area contributed by atoms with E-state index in [1.165, 1.54) is 0 Å². The van der Waals surface area contributed by atoms with Crippen LogP contribution in [0.4, 0.5) is 0 Å². The predicted molar refractivity (Wildman–Crippen MR) is 101 cm³/mol. The SMILES string of the molecule is CCCCC[C@@H](O)/C=C/[C@@H]1[C@H]2CC(=O)O[C@H]2C[C@H]1OC(=O)c1ccccc1. The van der Waals surface area contributed by atoms with Gasteiger partial charge >= 0.3 is 11.9 Å². The van der Waals surface area contributed by atoms with Gasteiger partial charge in [0.1, 0.15) is 12.2 Å². The zero-order valence-corrected chi connectivity index (χ0v) is 15.8. The number of carbonyl (C=O) groups is 2. The van der Waals surface area contributed by atoms with Crippen molar-refractivity contribution in [2.24, 2.45) is 11.8 Å². The molecule has 5 heteroatoms. The molecule has 1 aromatic carbocycles. The third-order valence-electron chi connectivity index (χ3n) is 5.48. The van der Waals surface area contributed by atoms with Crippen molar-refractivity contribution in [3.8, 4) is 0 Å². The van der Waals surface area contributed by atoms with Crippen molar-refractivity contribution in [1.29, 1.82) is 0 Å². The number of carbonyl (C=O) groups excluding carboxylic acids is 2. The maximum Gasteiger partial charge on any atom is 0.338 e. The molecule has 5 nitrogen and oxygen atoms in total. The van der Waals surface area contributed by atoms with E-state index in [1.54, 1.807) is 30.3 Å². The molecule has 1 aliphatic heterocycles. The summed E-state index contributed by atoms with van der Waals surface area (Å²) in [5.74, 6) is -0.673. The Bertz CT molecular complexity index is 669. The van der Waals surface area contributed by atoms with Gasteiger partial charge in [0.2, 0.25) is 0 Å². The van der Waals surface area contributed by atoms with Crippen molar-refractivity contribution in [3.05, 3.63) is 48.0 Å². The number of unbranched alkanes of at least 4 members (excludes halogenated alkanes) is 2. The van der Waals surface area contributed by atoms with Gasteiger partial charge in [-0.15, -0.1) is 0 Å². The first-order valence-corrected chi connectivity index (χ1v) is 9.90. The summed E-state index contributed by atoms with van der Waals surface area (Å²) in [6.07, 6.45) is 7.39. The quantitative estimate of drug-likeness (QED) is 0.428. The number of rotatable bonds is 8. The second kappa shape index (κ2) is 9.18. The first-order valence-electron chi connectivity index (χ1n) is 9.90. The minimum Gasteiger partial charge on any atom is -0.462 e. The molecule has 2 fully saturated rings. The standard InChI is InChI=1S/C22H28O5/c1-2-3-5-10-16(23)11-12-17-18-13-21(24)26-20(18)14-19(17)27-22(25)15-8-6-4-7-9-15/h4,6-9,11-12,16-20,23H,2-3,5,10,13-14H2,1H3/b12-11+/t16-,17-,18-,19-,20+/m1/s1. The molecule has 0 aromatic heterocycles. The zero-order valence-electron chi connectivity index (χ0n) is 15.8. The number of ether oxygens (including phenoxy) is 2. The zero-order chi connectivity index (χ0) is 19.2. The van der Waals surface area contributed by atoms with Crippen LogP contribution in [0.25, 0.3) is 0 Å². The van der Waals surface area contributed by atoms with Crippen molar-refractivity contribution in [3.63, 3.8) is 0 Å². The third kappa shape index (κ3) is 4.98. The number of hydrogen-bond acceptors (Lipinski definition) is 5. The van der Waals surface area contributed by atoms with Gasteiger partial charge < -0.3 is 14.6 Å². The fourth-order valence-corrected chi connectivity index (χ4v) is 4.03. The van der Waals surface area contributed by atoms with Crippen LogP contribution in [0.3, 0.4) is 0 Å². The Kier molecular flexibility index (Phi) is 6.67. The predicted octanol–water partition coefficient (Wildman–Crippen LogP) is 3.66. The summed E-state index contributed by atoms with van der Waals surface area (Å²) in [6, 6.07) is 8.89. The Labute approximate surface area is 160 Å². The molecule has 1 aromatic rings. The Morgan fingerprint density at radius 3 is 2.85 bits per heavy atom. The van der Waals surface area contributed by atoms with Crippen LogP contribution in [0.1, 0.15) is 55.8 Å². The van der Waals surface area contributed by atoms with Crippen LogP contribution in [0.15, 0.2) is 42.5 Å². The maximum atomic E-state index is 12.4. The monoisotopic (exact) mass is 372 g/mol. The Morgan fingerprint density at radius 1 is 1.33 bits per heavy atom. The van der Waals surface area contributed by atoms with Crippen LogP contribution in [-0.4, -0.2) is 35.4 Å². The van der Waals surface area contributed by atoms with Crippen molar-refractivity contribution in [2.75, 3.05) is 0 Å². The average Bonchev–Trinajstić information content (AvgIpc) is 3.16. The van der Waals surface area contributed by atoms with Crippen molar-refractivity contribution >= 4 is 11.9 Å². The van der Waals surface area contributed by atoms with Crippen LogP contribution in [0.5, 0.6) is 0 Å². The van der Waals surface area contributed by atoms with Gasteiger partial charge in [0, 0.05) is 18.3 Å². The minimum absolute atomic E-state index is 0.00478. The Hall–Kier alpha value is -2.14. The molecule has 0 radical (unpaired) electrons. The van der Waals surface area contributed by atoms with E-state index in [2.05, 4.69) is 6.92 Å². The average molecular weight is 372 g/mol. The first-order chi connectivity index (χ1) is 13.1. The summed E-state index contributed by atoms with van der Waals surface area (Å²) in [7, 11) is 0. The molecule has 0 amide bonds. The molecule has 0 spiro atoms. The van der Waals surface area contributed by atoms with Gasteiger partial charge in [-0.1, -0.05) is 56.5 Å². The smallest absolute Gasteiger partial charge is 0.338 e. The van der Waals surface area contributed by atoms with Crippen LogP contribution in [-0.2, 0) is 14.3 Å². The Morgan fingerprint density at radius 2 is 2.11 bits per heavy atom.